The topological polar surface area (TPSA) is 134 Å². The lowest BCUT2D eigenvalue weighted by Gasteiger charge is -2.28. The van der Waals surface area contributed by atoms with E-state index in [4.69, 9.17) is 21.4 Å². The van der Waals surface area contributed by atoms with E-state index in [1.165, 1.54) is 11.1 Å². The van der Waals surface area contributed by atoms with E-state index in [1.807, 2.05) is 0 Å². The molecule has 0 aliphatic carbocycles. The molecule has 0 aromatic heterocycles. The zero-order valence-corrected chi connectivity index (χ0v) is 12.1. The summed E-state index contributed by atoms with van der Waals surface area (Å²) in [6, 6.07) is 4.83. The van der Waals surface area contributed by atoms with Crippen molar-refractivity contribution in [1.82, 2.24) is 5.01 Å². The number of benzene rings is 1. The molecule has 0 radical (unpaired) electrons. The van der Waals surface area contributed by atoms with Gasteiger partial charge in [0.25, 0.3) is 0 Å². The number of fused-ring (bicyclic) bond motifs is 1. The fourth-order valence-electron chi connectivity index (χ4n) is 2.01. The molecule has 0 amide bonds. The summed E-state index contributed by atoms with van der Waals surface area (Å²) in [6.45, 7) is 0. The van der Waals surface area contributed by atoms with E-state index in [2.05, 4.69) is 5.10 Å². The van der Waals surface area contributed by atoms with Gasteiger partial charge in [-0.3, -0.25) is 5.01 Å². The van der Waals surface area contributed by atoms with E-state index in [1.54, 1.807) is 19.2 Å². The molecule has 112 valence electrons. The van der Waals surface area contributed by atoms with Crippen LogP contribution in [0.5, 0.6) is 5.75 Å². The van der Waals surface area contributed by atoms with Crippen LogP contribution in [0, 0.1) is 0 Å². The number of hydrazine groups is 1. The van der Waals surface area contributed by atoms with Crippen molar-refractivity contribution in [3.8, 4) is 5.75 Å². The smallest absolute Gasteiger partial charge is 0.535 e. The van der Waals surface area contributed by atoms with E-state index >= 15 is 0 Å². The summed E-state index contributed by atoms with van der Waals surface area (Å²) in [6.07, 6.45) is 0.412. The van der Waals surface area contributed by atoms with Crippen molar-refractivity contribution in [1.29, 1.82) is 0 Å². The summed E-state index contributed by atoms with van der Waals surface area (Å²) in [5.41, 5.74) is 0.729. The molecule has 0 saturated carbocycles. The predicted octanol–water partition coefficient (Wildman–Crippen LogP) is -0.524. The molecule has 0 fully saturated rings. The number of carbonyl (C=O) groups is 1. The second-order valence-electron chi connectivity index (χ2n) is 4.49. The minimum absolute atomic E-state index is 0.0265. The highest BCUT2D eigenvalue weighted by atomic mass is 32.2. The van der Waals surface area contributed by atoms with Gasteiger partial charge in [-0.2, -0.15) is 5.10 Å². The number of hydrogen-bond acceptors (Lipinski definition) is 7. The molecule has 0 bridgehead atoms. The number of rotatable bonds is 2. The fourth-order valence-corrected chi connectivity index (χ4v) is 2.94. The zero-order chi connectivity index (χ0) is 15.6. The highest BCUT2D eigenvalue weighted by Gasteiger charge is 2.38. The van der Waals surface area contributed by atoms with Gasteiger partial charge in [-0.05, 0) is 18.1 Å². The summed E-state index contributed by atoms with van der Waals surface area (Å²) in [4.78, 5) is 11.1. The molecule has 1 aromatic carbocycles. The Bertz CT molecular complexity index is 583. The molecular formula is C11H15BN4O4S. The Balaban J connectivity index is 2.25. The van der Waals surface area contributed by atoms with Crippen LogP contribution in [0.3, 0.4) is 0 Å². The number of nitrogens with zero attached hydrogens (tertiary/aromatic N) is 2. The largest absolute Gasteiger partial charge is 0.537 e. The van der Waals surface area contributed by atoms with Crippen LogP contribution in [0.2, 0.25) is 0 Å². The summed E-state index contributed by atoms with van der Waals surface area (Å²) < 4.78 is 5.36. The van der Waals surface area contributed by atoms with Crippen molar-refractivity contribution in [2.75, 3.05) is 7.05 Å². The Hall–Kier alpha value is -1.91. The van der Waals surface area contributed by atoms with Gasteiger partial charge in [0.15, 0.2) is 5.17 Å². The Labute approximate surface area is 125 Å². The van der Waals surface area contributed by atoms with Gasteiger partial charge in [-0.1, -0.05) is 23.9 Å². The van der Waals surface area contributed by atoms with Crippen LogP contribution in [0.15, 0.2) is 23.3 Å². The van der Waals surface area contributed by atoms with Gasteiger partial charge in [0.05, 0.1) is 10.7 Å². The van der Waals surface area contributed by atoms with Crippen LogP contribution in [0.1, 0.15) is 15.9 Å². The standard InChI is InChI=1S/C11H15BN4O4S/c1-16(14)11(15-13)21-8-5-6-3-2-4-7(10(17)18)9(6)20-12(8)19/h2-4,8,19H,5,13-14H2,1H3,(H,17,18)/b15-11+. The molecule has 1 aliphatic rings. The lowest BCUT2D eigenvalue weighted by Crippen LogP contribution is -2.43. The molecule has 8 nitrogen and oxygen atoms in total. The van der Waals surface area contributed by atoms with Gasteiger partial charge >= 0.3 is 13.1 Å². The number of hydrogen-bond donors (Lipinski definition) is 4. The molecule has 1 aromatic rings. The zero-order valence-electron chi connectivity index (χ0n) is 11.3. The van der Waals surface area contributed by atoms with Crippen LogP contribution in [-0.2, 0) is 6.42 Å². The average Bonchev–Trinajstić information content (AvgIpc) is 2.43. The van der Waals surface area contributed by atoms with Crippen molar-refractivity contribution in [3.05, 3.63) is 29.3 Å². The molecule has 1 unspecified atom stereocenters. The van der Waals surface area contributed by atoms with Crippen molar-refractivity contribution >= 4 is 30.0 Å². The molecule has 1 atom stereocenters. The number of carboxylic acids is 1. The second-order valence-corrected chi connectivity index (χ2v) is 5.70. The van der Waals surface area contributed by atoms with E-state index in [9.17, 15) is 9.82 Å². The van der Waals surface area contributed by atoms with Gasteiger partial charge in [-0.15, -0.1) is 0 Å². The van der Waals surface area contributed by atoms with Crippen molar-refractivity contribution in [3.63, 3.8) is 0 Å². The van der Waals surface area contributed by atoms with E-state index in [0.717, 1.165) is 11.8 Å². The first kappa shape index (κ1) is 15.5. The Morgan fingerprint density at radius 1 is 1.62 bits per heavy atom. The Morgan fingerprint density at radius 2 is 2.33 bits per heavy atom. The first-order valence-corrected chi connectivity index (χ1v) is 6.95. The van der Waals surface area contributed by atoms with E-state index < -0.39 is 18.2 Å². The third-order valence-corrected chi connectivity index (χ3v) is 4.28. The minimum Gasteiger partial charge on any atom is -0.535 e. The van der Waals surface area contributed by atoms with Gasteiger partial charge in [0.1, 0.15) is 5.75 Å². The van der Waals surface area contributed by atoms with Crippen LogP contribution in [0.25, 0.3) is 0 Å². The maximum absolute atomic E-state index is 11.1. The van der Waals surface area contributed by atoms with E-state index in [-0.39, 0.29) is 11.3 Å². The maximum atomic E-state index is 11.1. The molecule has 10 heteroatoms. The van der Waals surface area contributed by atoms with Crippen LogP contribution < -0.4 is 16.3 Å². The van der Waals surface area contributed by atoms with Crippen molar-refractivity contribution in [2.45, 2.75) is 11.6 Å². The van der Waals surface area contributed by atoms with E-state index in [0.29, 0.717) is 17.2 Å². The van der Waals surface area contributed by atoms with Gasteiger partial charge in [0.2, 0.25) is 0 Å². The number of carboxylic acid groups (broad SMARTS) is 1. The summed E-state index contributed by atoms with van der Waals surface area (Å²) in [5, 5.41) is 23.9. The molecular weight excluding hydrogens is 295 g/mol. The second kappa shape index (κ2) is 6.25. The molecule has 1 aliphatic heterocycles. The minimum atomic E-state index is -1.18. The molecule has 6 N–H and O–H groups in total. The fraction of sp³-hybridized carbons (Fsp3) is 0.273. The summed E-state index contributed by atoms with van der Waals surface area (Å²) >= 11 is 1.16. The Morgan fingerprint density at radius 3 is 2.90 bits per heavy atom. The average molecular weight is 310 g/mol. The maximum Gasteiger partial charge on any atom is 0.537 e. The first-order valence-electron chi connectivity index (χ1n) is 6.07. The van der Waals surface area contributed by atoms with Gasteiger partial charge < -0.3 is 20.6 Å². The Kier molecular flexibility index (Phi) is 4.61. The SMILES string of the molecule is CN(N)/C(=N\N)SC1Cc2cccc(C(=O)O)c2OB1O. The molecule has 1 heterocycles. The monoisotopic (exact) mass is 310 g/mol. The highest BCUT2D eigenvalue weighted by Crippen LogP contribution is 2.34. The normalized spacial score (nSPS) is 18.0. The molecule has 0 saturated heterocycles. The molecule has 0 spiro atoms. The number of amidine groups is 1. The number of hydrazone groups is 1. The van der Waals surface area contributed by atoms with Crippen LogP contribution in [0.4, 0.5) is 0 Å². The van der Waals surface area contributed by atoms with Gasteiger partial charge in [0, 0.05) is 7.05 Å². The number of thioether (sulfide) groups is 1. The van der Waals surface area contributed by atoms with Crippen LogP contribution >= 0.6 is 11.8 Å². The third-order valence-electron chi connectivity index (χ3n) is 2.97. The summed E-state index contributed by atoms with van der Waals surface area (Å²) in [7, 11) is 0.394. The molecule has 21 heavy (non-hydrogen) atoms. The van der Waals surface area contributed by atoms with Crippen LogP contribution in [-0.4, -0.2) is 45.6 Å². The third kappa shape index (κ3) is 3.23. The summed E-state index contributed by atoms with van der Waals surface area (Å²) in [5.74, 6) is 9.91. The quantitative estimate of drug-likeness (QED) is 0.188. The van der Waals surface area contributed by atoms with Crippen molar-refractivity contribution < 1.29 is 19.6 Å². The first-order chi connectivity index (χ1) is 9.93. The van der Waals surface area contributed by atoms with Gasteiger partial charge in [-0.25, -0.2) is 10.6 Å². The number of para-hydroxylation sites is 1. The number of nitrogens with two attached hydrogens (primary N) is 2. The number of aromatic carboxylic acids is 1. The predicted molar refractivity (Wildman–Crippen MR) is 80.7 cm³/mol. The van der Waals surface area contributed by atoms with Crippen molar-refractivity contribution in [2.24, 2.45) is 16.8 Å². The molecule has 2 rings (SSSR count). The lowest BCUT2D eigenvalue weighted by molar-refractivity contribution is 0.0694. The highest BCUT2D eigenvalue weighted by molar-refractivity contribution is 8.15. The lowest BCUT2D eigenvalue weighted by atomic mass is 9.77.